The van der Waals surface area contributed by atoms with Crippen LogP contribution in [0.4, 0.5) is 0 Å². The van der Waals surface area contributed by atoms with Crippen molar-refractivity contribution in [2.75, 3.05) is 19.6 Å². The average molecular weight is 290 g/mol. The second-order valence-corrected chi connectivity index (χ2v) is 5.89. The summed E-state index contributed by atoms with van der Waals surface area (Å²) in [5.41, 5.74) is 1.24. The molecular weight excluding hydrogens is 260 g/mol. The van der Waals surface area contributed by atoms with Gasteiger partial charge in [-0.15, -0.1) is 0 Å². The molecule has 0 fully saturated rings. The van der Waals surface area contributed by atoms with Gasteiger partial charge in [0.2, 0.25) is 0 Å². The summed E-state index contributed by atoms with van der Waals surface area (Å²) in [5.74, 6) is 0.877. The maximum Gasteiger partial charge on any atom is 0.191 e. The summed E-state index contributed by atoms with van der Waals surface area (Å²) in [6.07, 6.45) is 0. The highest BCUT2D eigenvalue weighted by molar-refractivity contribution is 5.79. The van der Waals surface area contributed by atoms with Crippen LogP contribution in [0.1, 0.15) is 46.2 Å². The second kappa shape index (κ2) is 8.67. The predicted octanol–water partition coefficient (Wildman–Crippen LogP) is 2.69. The fourth-order valence-electron chi connectivity index (χ4n) is 2.24. The molecule has 1 rings (SSSR count). The van der Waals surface area contributed by atoms with Crippen LogP contribution in [0.2, 0.25) is 0 Å². The molecule has 1 aromatic rings. The van der Waals surface area contributed by atoms with Gasteiger partial charge in [0.05, 0.1) is 6.54 Å². The van der Waals surface area contributed by atoms with E-state index in [1.54, 1.807) is 0 Å². The number of hydrogen-bond acceptors (Lipinski definition) is 2. The molecule has 3 N–H and O–H groups in total. The zero-order valence-corrected chi connectivity index (χ0v) is 14.0. The summed E-state index contributed by atoms with van der Waals surface area (Å²) in [6.45, 7) is 13.2. The summed E-state index contributed by atoms with van der Waals surface area (Å²) in [4.78, 5) is 4.65. The van der Waals surface area contributed by atoms with E-state index in [0.29, 0.717) is 6.04 Å². The van der Waals surface area contributed by atoms with Gasteiger partial charge in [-0.2, -0.15) is 0 Å². The molecule has 0 spiro atoms. The largest absolute Gasteiger partial charge is 0.357 e. The predicted molar refractivity (Wildman–Crippen MR) is 91.7 cm³/mol. The van der Waals surface area contributed by atoms with Crippen molar-refractivity contribution in [3.8, 4) is 0 Å². The third-order valence-electron chi connectivity index (χ3n) is 3.23. The molecule has 0 aliphatic heterocycles. The van der Waals surface area contributed by atoms with E-state index in [-0.39, 0.29) is 5.54 Å². The lowest BCUT2D eigenvalue weighted by atomic mass is 10.0. The molecule has 0 aliphatic rings. The molecule has 0 aliphatic carbocycles. The van der Waals surface area contributed by atoms with E-state index in [4.69, 9.17) is 0 Å². The highest BCUT2D eigenvalue weighted by Crippen LogP contribution is 2.16. The number of aliphatic imine (C=N–C) groups is 1. The van der Waals surface area contributed by atoms with Crippen molar-refractivity contribution >= 4 is 5.96 Å². The van der Waals surface area contributed by atoms with Crippen molar-refractivity contribution in [3.63, 3.8) is 0 Å². The van der Waals surface area contributed by atoms with Crippen LogP contribution in [0.5, 0.6) is 0 Å². The quantitative estimate of drug-likeness (QED) is 0.534. The van der Waals surface area contributed by atoms with E-state index in [1.165, 1.54) is 5.56 Å². The third kappa shape index (κ3) is 6.63. The van der Waals surface area contributed by atoms with Gasteiger partial charge in [-0.3, -0.25) is 4.99 Å². The van der Waals surface area contributed by atoms with Gasteiger partial charge in [0, 0.05) is 24.7 Å². The number of benzene rings is 1. The molecule has 0 saturated heterocycles. The Kier molecular flexibility index (Phi) is 7.23. The molecule has 1 unspecified atom stereocenters. The molecule has 21 heavy (non-hydrogen) atoms. The molecule has 4 heteroatoms. The Hall–Kier alpha value is -1.55. The van der Waals surface area contributed by atoms with Gasteiger partial charge < -0.3 is 16.0 Å². The first-order chi connectivity index (χ1) is 9.98. The third-order valence-corrected chi connectivity index (χ3v) is 3.23. The van der Waals surface area contributed by atoms with E-state index in [0.717, 1.165) is 25.6 Å². The molecule has 0 bridgehead atoms. The average Bonchev–Trinajstić information content (AvgIpc) is 2.46. The van der Waals surface area contributed by atoms with Crippen LogP contribution < -0.4 is 16.0 Å². The first-order valence-corrected chi connectivity index (χ1v) is 7.83. The van der Waals surface area contributed by atoms with Gasteiger partial charge in [0.25, 0.3) is 0 Å². The Morgan fingerprint density at radius 1 is 1.10 bits per heavy atom. The van der Waals surface area contributed by atoms with Crippen molar-refractivity contribution in [2.45, 2.75) is 46.2 Å². The standard InChI is InChI=1S/C17H30N4/c1-6-18-16(19-7-2)20-13-17(4,5)21-14(3)15-11-9-8-10-12-15/h8-12,14,21H,6-7,13H2,1-5H3,(H2,18,19,20). The lowest BCUT2D eigenvalue weighted by Gasteiger charge is -2.29. The normalized spacial score (nSPS) is 12.6. The van der Waals surface area contributed by atoms with Gasteiger partial charge in [0.1, 0.15) is 0 Å². The molecule has 4 nitrogen and oxygen atoms in total. The molecular formula is C17H30N4. The first kappa shape index (κ1) is 17.5. The summed E-state index contributed by atoms with van der Waals surface area (Å²) < 4.78 is 0. The second-order valence-electron chi connectivity index (χ2n) is 5.89. The number of hydrogen-bond donors (Lipinski definition) is 3. The van der Waals surface area contributed by atoms with Crippen molar-refractivity contribution in [2.24, 2.45) is 4.99 Å². The summed E-state index contributed by atoms with van der Waals surface area (Å²) in [6, 6.07) is 10.8. The van der Waals surface area contributed by atoms with Gasteiger partial charge in [-0.25, -0.2) is 0 Å². The molecule has 0 heterocycles. The summed E-state index contributed by atoms with van der Waals surface area (Å²) in [7, 11) is 0. The molecule has 0 amide bonds. The van der Waals surface area contributed by atoms with Crippen LogP contribution in [-0.2, 0) is 0 Å². The minimum Gasteiger partial charge on any atom is -0.357 e. The van der Waals surface area contributed by atoms with Crippen LogP contribution in [0.3, 0.4) is 0 Å². The molecule has 1 aromatic carbocycles. The monoisotopic (exact) mass is 290 g/mol. The highest BCUT2D eigenvalue weighted by Gasteiger charge is 2.20. The summed E-state index contributed by atoms with van der Waals surface area (Å²) >= 11 is 0. The van der Waals surface area contributed by atoms with Crippen LogP contribution in [-0.4, -0.2) is 31.1 Å². The lowest BCUT2D eigenvalue weighted by molar-refractivity contribution is 0.356. The fraction of sp³-hybridized carbons (Fsp3) is 0.588. The lowest BCUT2D eigenvalue weighted by Crippen LogP contribution is -2.45. The smallest absolute Gasteiger partial charge is 0.191 e. The zero-order chi connectivity index (χ0) is 15.7. The number of nitrogens with one attached hydrogen (secondary N) is 3. The summed E-state index contributed by atoms with van der Waals surface area (Å²) in [5, 5.41) is 10.2. The molecule has 118 valence electrons. The van der Waals surface area contributed by atoms with Crippen molar-refractivity contribution in [1.82, 2.24) is 16.0 Å². The molecule has 0 radical (unpaired) electrons. The van der Waals surface area contributed by atoms with E-state index >= 15 is 0 Å². The minimum atomic E-state index is -0.0641. The SMILES string of the molecule is CCNC(=NCC(C)(C)NC(C)c1ccccc1)NCC. The Morgan fingerprint density at radius 2 is 1.67 bits per heavy atom. The van der Waals surface area contributed by atoms with Crippen molar-refractivity contribution in [1.29, 1.82) is 0 Å². The Bertz CT molecular complexity index is 418. The highest BCUT2D eigenvalue weighted by atomic mass is 15.2. The number of rotatable bonds is 7. The minimum absolute atomic E-state index is 0.0641. The van der Waals surface area contributed by atoms with Crippen LogP contribution in [0.25, 0.3) is 0 Å². The van der Waals surface area contributed by atoms with Crippen LogP contribution in [0, 0.1) is 0 Å². The molecule has 1 atom stereocenters. The Balaban J connectivity index is 2.61. The number of nitrogens with zero attached hydrogens (tertiary/aromatic N) is 1. The van der Waals surface area contributed by atoms with Crippen LogP contribution in [0.15, 0.2) is 35.3 Å². The maximum absolute atomic E-state index is 4.65. The van der Waals surface area contributed by atoms with E-state index in [2.05, 4.69) is 79.8 Å². The molecule has 0 aromatic heterocycles. The Labute approximate surface area is 129 Å². The van der Waals surface area contributed by atoms with Gasteiger partial charge in [0.15, 0.2) is 5.96 Å². The topological polar surface area (TPSA) is 48.5 Å². The van der Waals surface area contributed by atoms with Gasteiger partial charge >= 0.3 is 0 Å². The Morgan fingerprint density at radius 3 is 2.19 bits per heavy atom. The molecule has 0 saturated carbocycles. The zero-order valence-electron chi connectivity index (χ0n) is 14.0. The van der Waals surface area contributed by atoms with E-state index in [9.17, 15) is 0 Å². The van der Waals surface area contributed by atoms with E-state index in [1.807, 2.05) is 6.07 Å². The fourth-order valence-corrected chi connectivity index (χ4v) is 2.24. The van der Waals surface area contributed by atoms with Crippen molar-refractivity contribution in [3.05, 3.63) is 35.9 Å². The van der Waals surface area contributed by atoms with Gasteiger partial charge in [-0.05, 0) is 40.2 Å². The van der Waals surface area contributed by atoms with Crippen LogP contribution >= 0.6 is 0 Å². The maximum atomic E-state index is 4.65. The number of guanidine groups is 1. The van der Waals surface area contributed by atoms with Gasteiger partial charge in [-0.1, -0.05) is 30.3 Å². The van der Waals surface area contributed by atoms with Crippen molar-refractivity contribution < 1.29 is 0 Å². The first-order valence-electron chi connectivity index (χ1n) is 7.83. The van der Waals surface area contributed by atoms with E-state index < -0.39 is 0 Å².